The summed E-state index contributed by atoms with van der Waals surface area (Å²) in [6.45, 7) is 5.01. The Kier molecular flexibility index (Phi) is 11.0. The molecule has 0 N–H and O–H groups in total. The fraction of sp³-hybridized carbons (Fsp3) is 0.0769. The minimum atomic E-state index is -3.15. The maximum absolute atomic E-state index is 3.15. The molecule has 10 rings (SSSR count). The molecule has 0 saturated carbocycles. The van der Waals surface area contributed by atoms with E-state index in [1.165, 1.54) is 54.9 Å². The summed E-state index contributed by atoms with van der Waals surface area (Å²) in [5.41, 5.74) is 13.6. The van der Waals surface area contributed by atoms with Gasteiger partial charge >= 0.3 is 328 Å². The van der Waals surface area contributed by atoms with E-state index in [1.807, 2.05) is 0 Å². The van der Waals surface area contributed by atoms with E-state index < -0.39 is 25.6 Å². The first-order chi connectivity index (χ1) is 26.7. The van der Waals surface area contributed by atoms with Crippen molar-refractivity contribution >= 4 is 48.6 Å². The molecule has 0 nitrogen and oxygen atoms in total. The van der Waals surface area contributed by atoms with Crippen LogP contribution >= 0.6 is 0 Å². The van der Waals surface area contributed by atoms with Crippen LogP contribution in [0.5, 0.6) is 0 Å². The summed E-state index contributed by atoms with van der Waals surface area (Å²) in [5, 5.41) is 8.41. The van der Waals surface area contributed by atoms with Crippen LogP contribution in [0.15, 0.2) is 205 Å². The molecular weight excluding hydrogens is 902 g/mol. The van der Waals surface area contributed by atoms with Gasteiger partial charge in [-0.05, 0) is 0 Å². The van der Waals surface area contributed by atoms with Crippen LogP contribution in [0.3, 0.4) is 0 Å². The molecule has 0 radical (unpaired) electrons. The van der Waals surface area contributed by atoms with Crippen LogP contribution < -0.4 is 35.2 Å². The Hall–Kier alpha value is -4.57. The van der Waals surface area contributed by atoms with Crippen molar-refractivity contribution in [3.8, 4) is 0 Å². The fourth-order valence-electron chi connectivity index (χ4n) is 9.70. The van der Waals surface area contributed by atoms with E-state index in [0.29, 0.717) is 7.35 Å². The third-order valence-corrected chi connectivity index (χ3v) is 41.3. The number of allylic oxidation sites excluding steroid dienone is 2. The first kappa shape index (κ1) is 38.3. The predicted octanol–water partition coefficient (Wildman–Crippen LogP) is 5.88. The molecule has 56 heavy (non-hydrogen) atoms. The molecule has 0 fully saturated rings. The van der Waals surface area contributed by atoms with Crippen molar-refractivity contribution in [2.75, 3.05) is 0 Å². The topological polar surface area (TPSA) is 0 Å². The summed E-state index contributed by atoms with van der Waals surface area (Å²) in [5.74, 6) is 0. The minimum Gasteiger partial charge on any atom is -1.00 e. The zero-order valence-corrected chi connectivity index (χ0v) is 37.5. The number of halogens is 2. The molecule has 8 aromatic rings. The van der Waals surface area contributed by atoms with Crippen molar-refractivity contribution < 1.29 is 44.9 Å². The van der Waals surface area contributed by atoms with Gasteiger partial charge in [-0.15, -0.1) is 0 Å². The van der Waals surface area contributed by atoms with Gasteiger partial charge in [-0.3, -0.25) is 0 Å². The smallest absolute Gasteiger partial charge is 1.00 e. The van der Waals surface area contributed by atoms with Gasteiger partial charge in [0.1, 0.15) is 0 Å². The molecule has 0 heterocycles. The second-order valence-electron chi connectivity index (χ2n) is 14.8. The number of hydrogen-bond acceptors (Lipinski definition) is 0. The largest absolute Gasteiger partial charge is 1.00 e. The summed E-state index contributed by atoms with van der Waals surface area (Å²) in [6, 6.07) is 74.0. The maximum atomic E-state index is 2.51. The first-order valence-electron chi connectivity index (χ1n) is 19.1. The SMILES string of the molecule is CC1=C(c2cccc3ccccc23)c2ccccc2[CH]1[Hf+2]([CH]1C(C)=C(c2cccc3ccccc23)c2ccccc21)=[Si](c1ccccc1)c1ccccc1.[Cl-].[Cl-]. The number of fused-ring (bicyclic) bond motifs is 4. The van der Waals surface area contributed by atoms with E-state index in [9.17, 15) is 0 Å². The van der Waals surface area contributed by atoms with Gasteiger partial charge in [0.25, 0.3) is 0 Å². The zero-order chi connectivity index (χ0) is 36.2. The summed E-state index contributed by atoms with van der Waals surface area (Å²) >= 11 is -3.15. The van der Waals surface area contributed by atoms with Crippen LogP contribution in [0, 0.1) is 0 Å². The Labute approximate surface area is 350 Å². The Morgan fingerprint density at radius 3 is 1.14 bits per heavy atom. The van der Waals surface area contributed by atoms with E-state index in [0.717, 1.165) is 0 Å². The molecule has 0 aromatic heterocycles. The van der Waals surface area contributed by atoms with Crippen molar-refractivity contribution in [2.24, 2.45) is 0 Å². The Bertz CT molecular complexity index is 2650. The zero-order valence-electron chi connectivity index (χ0n) is 31.4. The normalized spacial score (nSPS) is 15.4. The second-order valence-corrected chi connectivity index (χ2v) is 34.2. The maximum Gasteiger partial charge on any atom is -1.00 e. The summed E-state index contributed by atoms with van der Waals surface area (Å²) in [7, 11) is 0. The molecule has 8 aromatic carbocycles. The van der Waals surface area contributed by atoms with E-state index in [4.69, 9.17) is 0 Å². The summed E-state index contributed by atoms with van der Waals surface area (Å²) in [6.07, 6.45) is 0. The van der Waals surface area contributed by atoms with Crippen molar-refractivity contribution in [1.29, 1.82) is 0 Å². The standard InChI is InChI=1S/2C20H15.C12H10Si.2ClH.Hf/c2*1-14-13-16-8-3-5-11-18(16)20(14)19-12-6-9-15-7-2-4-10-17(15)19;1-3-7-11(8-4-1)13-12-9-5-2-6-10-12;;;/h2*2-13H,1H3;1-10H;2*1H;/q;;;;;+2/p-2. The summed E-state index contributed by atoms with van der Waals surface area (Å²) in [4.78, 5) is 0. The van der Waals surface area contributed by atoms with Crippen molar-refractivity contribution in [2.45, 2.75) is 21.2 Å². The van der Waals surface area contributed by atoms with Gasteiger partial charge in [-0.25, -0.2) is 0 Å². The average molecular weight is 942 g/mol. The monoisotopic (exact) mass is 942 g/mol. The van der Waals surface area contributed by atoms with Gasteiger partial charge in [-0.2, -0.15) is 0 Å². The Balaban J connectivity index is 0.00000220. The van der Waals surface area contributed by atoms with E-state index in [1.54, 1.807) is 32.6 Å². The molecule has 0 amide bonds. The number of benzene rings is 8. The summed E-state index contributed by atoms with van der Waals surface area (Å²) < 4.78 is 0.851. The number of hydrogen-bond donors (Lipinski definition) is 0. The Morgan fingerprint density at radius 1 is 0.357 bits per heavy atom. The van der Waals surface area contributed by atoms with E-state index in [2.05, 4.69) is 208 Å². The van der Waals surface area contributed by atoms with Crippen LogP contribution in [0.4, 0.5) is 0 Å². The van der Waals surface area contributed by atoms with Crippen LogP contribution in [0.2, 0.25) is 0 Å². The van der Waals surface area contributed by atoms with Crippen molar-refractivity contribution in [3.63, 3.8) is 0 Å². The predicted molar refractivity (Wildman–Crippen MR) is 228 cm³/mol. The molecule has 2 aliphatic carbocycles. The molecule has 0 bridgehead atoms. The van der Waals surface area contributed by atoms with Gasteiger partial charge in [-0.1, -0.05) is 0 Å². The second kappa shape index (κ2) is 16.1. The molecule has 2 aliphatic rings. The number of rotatable bonds is 6. The molecular formula is C52H40Cl2HfSi. The molecule has 2 atom stereocenters. The van der Waals surface area contributed by atoms with Crippen molar-refractivity contribution in [1.82, 2.24) is 0 Å². The Morgan fingerprint density at radius 2 is 0.696 bits per heavy atom. The average Bonchev–Trinajstić information content (AvgIpc) is 3.69. The van der Waals surface area contributed by atoms with Gasteiger partial charge < -0.3 is 24.8 Å². The first-order valence-corrected chi connectivity index (χ1v) is 30.1. The van der Waals surface area contributed by atoms with Gasteiger partial charge in [0.05, 0.1) is 0 Å². The van der Waals surface area contributed by atoms with Gasteiger partial charge in [0.2, 0.25) is 0 Å². The molecule has 270 valence electrons. The molecule has 4 heteroatoms. The van der Waals surface area contributed by atoms with Crippen LogP contribution in [-0.2, 0) is 20.1 Å². The van der Waals surface area contributed by atoms with Crippen molar-refractivity contribution in [3.05, 3.63) is 239 Å². The molecule has 0 spiro atoms. The third kappa shape index (κ3) is 6.32. The van der Waals surface area contributed by atoms with Crippen LogP contribution in [0.1, 0.15) is 54.6 Å². The van der Waals surface area contributed by atoms with Crippen LogP contribution in [-0.4, -0.2) is 5.49 Å². The quantitative estimate of drug-likeness (QED) is 0.183. The van der Waals surface area contributed by atoms with Gasteiger partial charge in [0, 0.05) is 0 Å². The molecule has 0 aliphatic heterocycles. The van der Waals surface area contributed by atoms with E-state index in [-0.39, 0.29) is 24.8 Å². The fourth-order valence-corrected chi connectivity index (χ4v) is 45.2. The molecule has 0 saturated heterocycles. The van der Waals surface area contributed by atoms with E-state index >= 15 is 0 Å². The minimum absolute atomic E-state index is 0. The third-order valence-electron chi connectivity index (χ3n) is 11.9. The molecule has 2 unspecified atom stereocenters. The van der Waals surface area contributed by atoms with Crippen LogP contribution in [0.25, 0.3) is 32.7 Å². The van der Waals surface area contributed by atoms with Gasteiger partial charge in [0.15, 0.2) is 0 Å².